The van der Waals surface area contributed by atoms with Crippen LogP contribution in [0.25, 0.3) is 0 Å². The SMILES string of the molecule is COC(=O)C(Br)COc1ccccc1NC(C)=O. The summed E-state index contributed by atoms with van der Waals surface area (Å²) in [5.41, 5.74) is 0.564. The maximum Gasteiger partial charge on any atom is 0.322 e. The molecule has 18 heavy (non-hydrogen) atoms. The molecule has 1 aromatic carbocycles. The molecule has 0 aromatic heterocycles. The molecule has 0 spiro atoms. The second-order valence-corrected chi connectivity index (χ2v) is 4.58. The largest absolute Gasteiger partial charge is 0.490 e. The Labute approximate surface area is 114 Å². The van der Waals surface area contributed by atoms with Gasteiger partial charge in [0.2, 0.25) is 5.91 Å². The molecule has 0 fully saturated rings. The number of hydrogen-bond donors (Lipinski definition) is 1. The minimum atomic E-state index is -0.548. The number of ether oxygens (including phenoxy) is 2. The van der Waals surface area contributed by atoms with E-state index >= 15 is 0 Å². The average molecular weight is 316 g/mol. The summed E-state index contributed by atoms with van der Waals surface area (Å²) in [5, 5.41) is 2.64. The third-order valence-corrected chi connectivity index (χ3v) is 2.68. The molecule has 5 nitrogen and oxygen atoms in total. The molecule has 1 aromatic rings. The number of esters is 1. The van der Waals surface area contributed by atoms with E-state index in [0.29, 0.717) is 11.4 Å². The molecule has 0 heterocycles. The first-order valence-corrected chi connectivity index (χ1v) is 6.17. The van der Waals surface area contributed by atoms with E-state index in [-0.39, 0.29) is 12.5 Å². The smallest absolute Gasteiger partial charge is 0.322 e. The van der Waals surface area contributed by atoms with Crippen LogP contribution in [0.2, 0.25) is 0 Å². The van der Waals surface area contributed by atoms with Crippen molar-refractivity contribution in [3.8, 4) is 5.75 Å². The minimum Gasteiger partial charge on any atom is -0.490 e. The molecule has 0 saturated carbocycles. The monoisotopic (exact) mass is 315 g/mol. The molecule has 0 bridgehead atoms. The van der Waals surface area contributed by atoms with E-state index in [1.165, 1.54) is 14.0 Å². The summed E-state index contributed by atoms with van der Waals surface area (Å²) in [6.07, 6.45) is 0. The van der Waals surface area contributed by atoms with E-state index < -0.39 is 10.8 Å². The summed E-state index contributed by atoms with van der Waals surface area (Å²) in [7, 11) is 1.31. The molecule has 98 valence electrons. The summed E-state index contributed by atoms with van der Waals surface area (Å²) in [6.45, 7) is 1.53. The summed E-state index contributed by atoms with van der Waals surface area (Å²) in [5.74, 6) is -0.0949. The summed E-state index contributed by atoms with van der Waals surface area (Å²) in [6, 6.07) is 6.99. The molecular weight excluding hydrogens is 302 g/mol. The summed E-state index contributed by atoms with van der Waals surface area (Å²) in [4.78, 5) is 21.6. The molecule has 1 rings (SSSR count). The van der Waals surface area contributed by atoms with E-state index in [1.54, 1.807) is 24.3 Å². The van der Waals surface area contributed by atoms with Gasteiger partial charge in [-0.25, -0.2) is 0 Å². The van der Waals surface area contributed by atoms with Crippen molar-refractivity contribution in [1.82, 2.24) is 0 Å². The van der Waals surface area contributed by atoms with Crippen molar-refractivity contribution in [2.24, 2.45) is 0 Å². The Hall–Kier alpha value is -1.56. The Balaban J connectivity index is 2.66. The Morgan fingerprint density at radius 1 is 1.39 bits per heavy atom. The maximum atomic E-state index is 11.2. The van der Waals surface area contributed by atoms with Crippen molar-refractivity contribution in [3.05, 3.63) is 24.3 Å². The molecule has 1 amide bonds. The number of benzene rings is 1. The van der Waals surface area contributed by atoms with Crippen LogP contribution in [0.15, 0.2) is 24.3 Å². The van der Waals surface area contributed by atoms with Gasteiger partial charge in [-0.05, 0) is 12.1 Å². The van der Waals surface area contributed by atoms with Crippen LogP contribution in [-0.4, -0.2) is 30.4 Å². The highest BCUT2D eigenvalue weighted by molar-refractivity contribution is 9.10. The highest BCUT2D eigenvalue weighted by Crippen LogP contribution is 2.24. The average Bonchev–Trinajstić information content (AvgIpc) is 2.35. The number of carbonyl (C=O) groups excluding carboxylic acids is 2. The highest BCUT2D eigenvalue weighted by atomic mass is 79.9. The van der Waals surface area contributed by atoms with E-state index in [9.17, 15) is 9.59 Å². The van der Waals surface area contributed by atoms with Crippen LogP contribution in [0.5, 0.6) is 5.75 Å². The Morgan fingerprint density at radius 2 is 2.06 bits per heavy atom. The van der Waals surface area contributed by atoms with Crippen LogP contribution >= 0.6 is 15.9 Å². The van der Waals surface area contributed by atoms with Crippen LogP contribution in [-0.2, 0) is 14.3 Å². The van der Waals surface area contributed by atoms with Gasteiger partial charge in [0.05, 0.1) is 12.8 Å². The molecule has 1 N–H and O–H groups in total. The lowest BCUT2D eigenvalue weighted by molar-refractivity contribution is -0.140. The van der Waals surface area contributed by atoms with Crippen molar-refractivity contribution >= 4 is 33.5 Å². The quantitative estimate of drug-likeness (QED) is 0.666. The van der Waals surface area contributed by atoms with Gasteiger partial charge in [-0.15, -0.1) is 0 Å². The third-order valence-electron chi connectivity index (χ3n) is 2.04. The van der Waals surface area contributed by atoms with E-state index in [0.717, 1.165) is 0 Å². The molecular formula is C12H14BrNO4. The number of alkyl halides is 1. The van der Waals surface area contributed by atoms with Crippen LogP contribution in [0.3, 0.4) is 0 Å². The van der Waals surface area contributed by atoms with Crippen molar-refractivity contribution < 1.29 is 19.1 Å². The lowest BCUT2D eigenvalue weighted by atomic mass is 10.3. The summed E-state index contributed by atoms with van der Waals surface area (Å²) >= 11 is 3.15. The molecule has 0 aliphatic rings. The Bertz CT molecular complexity index is 436. The fourth-order valence-electron chi connectivity index (χ4n) is 1.24. The number of anilines is 1. The highest BCUT2D eigenvalue weighted by Gasteiger charge is 2.16. The molecule has 1 atom stereocenters. The van der Waals surface area contributed by atoms with Gasteiger partial charge in [-0.3, -0.25) is 9.59 Å². The van der Waals surface area contributed by atoms with E-state index in [4.69, 9.17) is 4.74 Å². The van der Waals surface area contributed by atoms with E-state index in [2.05, 4.69) is 26.0 Å². The number of halogens is 1. The van der Waals surface area contributed by atoms with Crippen LogP contribution < -0.4 is 10.1 Å². The number of nitrogens with one attached hydrogen (secondary N) is 1. The lowest BCUT2D eigenvalue weighted by Gasteiger charge is -2.13. The van der Waals surface area contributed by atoms with Gasteiger partial charge in [-0.1, -0.05) is 28.1 Å². The molecule has 1 unspecified atom stereocenters. The molecule has 6 heteroatoms. The number of methoxy groups -OCH3 is 1. The first kappa shape index (κ1) is 14.5. The fraction of sp³-hybridized carbons (Fsp3) is 0.333. The second-order valence-electron chi connectivity index (χ2n) is 3.48. The zero-order valence-corrected chi connectivity index (χ0v) is 11.7. The Morgan fingerprint density at radius 3 is 2.67 bits per heavy atom. The van der Waals surface area contributed by atoms with Crippen molar-refractivity contribution in [2.45, 2.75) is 11.8 Å². The molecule has 0 aliphatic carbocycles. The molecule has 0 radical (unpaired) electrons. The van der Waals surface area contributed by atoms with Gasteiger partial charge < -0.3 is 14.8 Å². The topological polar surface area (TPSA) is 64.6 Å². The van der Waals surface area contributed by atoms with Crippen LogP contribution in [0.1, 0.15) is 6.92 Å². The van der Waals surface area contributed by atoms with Crippen molar-refractivity contribution in [2.75, 3.05) is 19.0 Å². The number of carbonyl (C=O) groups is 2. The van der Waals surface area contributed by atoms with Gasteiger partial charge in [0.25, 0.3) is 0 Å². The lowest BCUT2D eigenvalue weighted by Crippen LogP contribution is -2.23. The van der Waals surface area contributed by atoms with E-state index in [1.807, 2.05) is 0 Å². The van der Waals surface area contributed by atoms with Gasteiger partial charge in [-0.2, -0.15) is 0 Å². The van der Waals surface area contributed by atoms with Gasteiger partial charge in [0.1, 0.15) is 17.2 Å². The number of amides is 1. The zero-order chi connectivity index (χ0) is 13.5. The van der Waals surface area contributed by atoms with Crippen molar-refractivity contribution in [1.29, 1.82) is 0 Å². The second kappa shape index (κ2) is 7.00. The standard InChI is InChI=1S/C12H14BrNO4/c1-8(15)14-10-5-3-4-6-11(10)18-7-9(13)12(16)17-2/h3-6,9H,7H2,1-2H3,(H,14,15). The number of hydrogen-bond acceptors (Lipinski definition) is 4. The zero-order valence-electron chi connectivity index (χ0n) is 10.1. The summed E-state index contributed by atoms with van der Waals surface area (Å²) < 4.78 is 10.0. The van der Waals surface area contributed by atoms with Gasteiger partial charge >= 0.3 is 5.97 Å². The van der Waals surface area contributed by atoms with Gasteiger partial charge in [0, 0.05) is 6.92 Å². The number of para-hydroxylation sites is 2. The first-order valence-electron chi connectivity index (χ1n) is 5.26. The fourth-order valence-corrected chi connectivity index (χ4v) is 1.56. The first-order chi connectivity index (χ1) is 8.54. The Kier molecular flexibility index (Phi) is 5.64. The predicted octanol–water partition coefficient (Wildman–Crippen LogP) is 1.96. The maximum absolute atomic E-state index is 11.2. The van der Waals surface area contributed by atoms with Gasteiger partial charge in [0.15, 0.2) is 0 Å². The van der Waals surface area contributed by atoms with Crippen molar-refractivity contribution in [3.63, 3.8) is 0 Å². The molecule has 0 saturated heterocycles. The number of rotatable bonds is 5. The molecule has 0 aliphatic heterocycles. The van der Waals surface area contributed by atoms with Crippen LogP contribution in [0, 0.1) is 0 Å². The predicted molar refractivity (Wildman–Crippen MR) is 71.0 cm³/mol. The third kappa shape index (κ3) is 4.37. The minimum absolute atomic E-state index is 0.114. The van der Waals surface area contributed by atoms with Crippen LogP contribution in [0.4, 0.5) is 5.69 Å². The normalized spacial score (nSPS) is 11.5.